The Kier molecular flexibility index (Phi) is 7.62. The van der Waals surface area contributed by atoms with Gasteiger partial charge in [0.15, 0.2) is 0 Å². The first-order valence-electron chi connectivity index (χ1n) is 5.55. The van der Waals surface area contributed by atoms with Crippen LogP contribution in [-0.4, -0.2) is 27.4 Å². The van der Waals surface area contributed by atoms with Crippen molar-refractivity contribution in [2.75, 3.05) is 13.1 Å². The monoisotopic (exact) mass is 307 g/mol. The Morgan fingerprint density at radius 2 is 1.84 bits per heavy atom. The zero-order valence-corrected chi connectivity index (χ0v) is 12.2. The minimum Gasteiger partial charge on any atom is -0.351 e. The van der Waals surface area contributed by atoms with Crippen LogP contribution in [-0.2, 0) is 21.4 Å². The third kappa shape index (κ3) is 5.56. The number of carbonyl (C=O) groups is 1. The van der Waals surface area contributed by atoms with Gasteiger partial charge >= 0.3 is 0 Å². The number of halogens is 1. The third-order valence-electron chi connectivity index (χ3n) is 2.24. The molecule has 0 aromatic heterocycles. The SMILES string of the molecule is CCNS(=O)(=O)c1ccc(CNC(=O)CN)cc1.Cl. The highest BCUT2D eigenvalue weighted by Crippen LogP contribution is 2.10. The molecule has 0 saturated carbocycles. The number of benzene rings is 1. The van der Waals surface area contributed by atoms with Crippen LogP contribution in [0.5, 0.6) is 0 Å². The molecular formula is C11H18ClN3O3S. The first kappa shape index (κ1) is 17.8. The summed E-state index contributed by atoms with van der Waals surface area (Å²) >= 11 is 0. The van der Waals surface area contributed by atoms with Gasteiger partial charge in [0.2, 0.25) is 15.9 Å². The van der Waals surface area contributed by atoms with Crippen molar-refractivity contribution in [1.82, 2.24) is 10.0 Å². The van der Waals surface area contributed by atoms with Crippen LogP contribution in [0.4, 0.5) is 0 Å². The van der Waals surface area contributed by atoms with Crippen molar-refractivity contribution in [3.05, 3.63) is 29.8 Å². The Morgan fingerprint density at radius 1 is 1.26 bits per heavy atom. The van der Waals surface area contributed by atoms with Crippen molar-refractivity contribution in [1.29, 1.82) is 0 Å². The van der Waals surface area contributed by atoms with Gasteiger partial charge in [0.25, 0.3) is 0 Å². The first-order chi connectivity index (χ1) is 8.49. The molecule has 0 fully saturated rings. The lowest BCUT2D eigenvalue weighted by Crippen LogP contribution is -2.29. The lowest BCUT2D eigenvalue weighted by Gasteiger charge is -2.06. The van der Waals surface area contributed by atoms with Crippen LogP contribution in [0, 0.1) is 0 Å². The van der Waals surface area contributed by atoms with Crippen LogP contribution in [0.2, 0.25) is 0 Å². The quantitative estimate of drug-likeness (QED) is 0.687. The van der Waals surface area contributed by atoms with Gasteiger partial charge in [0.1, 0.15) is 0 Å². The Hall–Kier alpha value is -1.15. The van der Waals surface area contributed by atoms with E-state index in [0.717, 1.165) is 5.56 Å². The normalized spacial score (nSPS) is 10.6. The van der Waals surface area contributed by atoms with Crippen molar-refractivity contribution < 1.29 is 13.2 Å². The molecule has 1 rings (SSSR count). The van der Waals surface area contributed by atoms with Gasteiger partial charge in [-0.25, -0.2) is 13.1 Å². The summed E-state index contributed by atoms with van der Waals surface area (Å²) in [5.41, 5.74) is 5.96. The van der Waals surface area contributed by atoms with E-state index in [9.17, 15) is 13.2 Å². The maximum absolute atomic E-state index is 11.7. The number of rotatable bonds is 6. The standard InChI is InChI=1S/C11H17N3O3S.ClH/c1-2-14-18(16,17)10-5-3-9(4-6-10)8-13-11(15)7-12;/h3-6,14H,2,7-8,12H2,1H3,(H,13,15);1H. The van der Waals surface area contributed by atoms with Gasteiger partial charge < -0.3 is 11.1 Å². The number of hydrogen-bond donors (Lipinski definition) is 3. The molecule has 0 aliphatic heterocycles. The first-order valence-corrected chi connectivity index (χ1v) is 7.03. The third-order valence-corrected chi connectivity index (χ3v) is 3.80. The molecule has 1 aromatic rings. The number of sulfonamides is 1. The lowest BCUT2D eigenvalue weighted by atomic mass is 10.2. The molecule has 108 valence electrons. The lowest BCUT2D eigenvalue weighted by molar-refractivity contribution is -0.119. The van der Waals surface area contributed by atoms with Crippen molar-refractivity contribution >= 4 is 28.3 Å². The number of amides is 1. The van der Waals surface area contributed by atoms with Gasteiger partial charge in [0, 0.05) is 13.1 Å². The van der Waals surface area contributed by atoms with Gasteiger partial charge in [-0.2, -0.15) is 0 Å². The average Bonchev–Trinajstić information content (AvgIpc) is 2.36. The zero-order chi connectivity index (χ0) is 13.6. The highest BCUT2D eigenvalue weighted by atomic mass is 35.5. The van der Waals surface area contributed by atoms with Crippen molar-refractivity contribution in [2.24, 2.45) is 5.73 Å². The van der Waals surface area contributed by atoms with Gasteiger partial charge in [-0.3, -0.25) is 4.79 Å². The minimum atomic E-state index is -3.42. The predicted molar refractivity (Wildman–Crippen MR) is 75.5 cm³/mol. The molecule has 0 aliphatic carbocycles. The van der Waals surface area contributed by atoms with Crippen LogP contribution in [0.1, 0.15) is 12.5 Å². The van der Waals surface area contributed by atoms with Gasteiger partial charge in [-0.05, 0) is 17.7 Å². The van der Waals surface area contributed by atoms with E-state index >= 15 is 0 Å². The Balaban J connectivity index is 0.00000324. The number of nitrogens with two attached hydrogens (primary N) is 1. The molecule has 0 atom stereocenters. The summed E-state index contributed by atoms with van der Waals surface area (Å²) in [5, 5.41) is 2.60. The molecule has 0 unspecified atom stereocenters. The van der Waals surface area contributed by atoms with E-state index in [-0.39, 0.29) is 29.8 Å². The van der Waals surface area contributed by atoms with Crippen LogP contribution < -0.4 is 15.8 Å². The molecule has 1 aromatic carbocycles. The molecular weight excluding hydrogens is 290 g/mol. The summed E-state index contributed by atoms with van der Waals surface area (Å²) in [6.07, 6.45) is 0. The zero-order valence-electron chi connectivity index (χ0n) is 10.5. The molecule has 0 bridgehead atoms. The Bertz CT molecular complexity index is 502. The number of hydrogen-bond acceptors (Lipinski definition) is 4. The Labute approximate surface area is 119 Å². The van der Waals surface area contributed by atoms with Gasteiger partial charge in [-0.15, -0.1) is 12.4 Å². The van der Waals surface area contributed by atoms with Gasteiger partial charge in [0.05, 0.1) is 11.4 Å². The van der Waals surface area contributed by atoms with E-state index in [4.69, 9.17) is 5.73 Å². The highest BCUT2D eigenvalue weighted by Gasteiger charge is 2.11. The smallest absolute Gasteiger partial charge is 0.240 e. The van der Waals surface area contributed by atoms with E-state index in [0.29, 0.717) is 13.1 Å². The highest BCUT2D eigenvalue weighted by molar-refractivity contribution is 7.89. The van der Waals surface area contributed by atoms with Crippen molar-refractivity contribution in [2.45, 2.75) is 18.4 Å². The summed E-state index contributed by atoms with van der Waals surface area (Å²) < 4.78 is 25.7. The van der Waals surface area contributed by atoms with E-state index in [2.05, 4.69) is 10.0 Å². The molecule has 8 heteroatoms. The second kappa shape index (κ2) is 8.11. The fraction of sp³-hybridized carbons (Fsp3) is 0.364. The molecule has 0 saturated heterocycles. The maximum Gasteiger partial charge on any atom is 0.240 e. The van der Waals surface area contributed by atoms with Crippen LogP contribution in [0.15, 0.2) is 29.2 Å². The summed E-state index contributed by atoms with van der Waals surface area (Å²) in [6.45, 7) is 2.33. The van der Waals surface area contributed by atoms with E-state index in [1.54, 1.807) is 19.1 Å². The van der Waals surface area contributed by atoms with Crippen LogP contribution in [0.25, 0.3) is 0 Å². The number of nitrogens with one attached hydrogen (secondary N) is 2. The predicted octanol–water partition coefficient (Wildman–Crippen LogP) is -0.0185. The molecule has 0 spiro atoms. The maximum atomic E-state index is 11.7. The van der Waals surface area contributed by atoms with Gasteiger partial charge in [-0.1, -0.05) is 19.1 Å². The summed E-state index contributed by atoms with van der Waals surface area (Å²) in [4.78, 5) is 11.2. The molecule has 4 N–H and O–H groups in total. The molecule has 19 heavy (non-hydrogen) atoms. The largest absolute Gasteiger partial charge is 0.351 e. The summed E-state index contributed by atoms with van der Waals surface area (Å²) in [7, 11) is -3.42. The van der Waals surface area contributed by atoms with E-state index in [1.165, 1.54) is 12.1 Å². The summed E-state index contributed by atoms with van der Waals surface area (Å²) in [5.74, 6) is -0.251. The fourth-order valence-corrected chi connectivity index (χ4v) is 2.37. The van der Waals surface area contributed by atoms with Crippen LogP contribution in [0.3, 0.4) is 0 Å². The minimum absolute atomic E-state index is 0. The molecule has 6 nitrogen and oxygen atoms in total. The van der Waals surface area contributed by atoms with Crippen LogP contribution >= 0.6 is 12.4 Å². The second-order valence-corrected chi connectivity index (χ2v) is 5.39. The average molecular weight is 308 g/mol. The van der Waals surface area contributed by atoms with E-state index in [1.807, 2.05) is 0 Å². The fourth-order valence-electron chi connectivity index (χ4n) is 1.33. The summed E-state index contributed by atoms with van der Waals surface area (Å²) in [6, 6.07) is 6.31. The second-order valence-electron chi connectivity index (χ2n) is 3.63. The molecule has 0 radical (unpaired) electrons. The number of carbonyl (C=O) groups excluding carboxylic acids is 1. The Morgan fingerprint density at radius 3 is 2.32 bits per heavy atom. The topological polar surface area (TPSA) is 101 Å². The van der Waals surface area contributed by atoms with Crippen molar-refractivity contribution in [3.63, 3.8) is 0 Å². The molecule has 0 aliphatic rings. The van der Waals surface area contributed by atoms with Crippen molar-refractivity contribution in [3.8, 4) is 0 Å². The van der Waals surface area contributed by atoms with E-state index < -0.39 is 10.0 Å². The molecule has 1 amide bonds. The molecule has 0 heterocycles.